The smallest absolute Gasteiger partial charge is 0.418 e. The van der Waals surface area contributed by atoms with Gasteiger partial charge in [-0.1, -0.05) is 42.5 Å². The van der Waals surface area contributed by atoms with Gasteiger partial charge in [-0.25, -0.2) is 14.1 Å². The van der Waals surface area contributed by atoms with Gasteiger partial charge in [0, 0.05) is 31.1 Å². The molecule has 1 saturated heterocycles. The maximum absolute atomic E-state index is 13.7. The van der Waals surface area contributed by atoms with Gasteiger partial charge < -0.3 is 15.0 Å². The fraction of sp³-hybridized carbons (Fsp3) is 0.290. The lowest BCUT2D eigenvalue weighted by Gasteiger charge is -2.31. The van der Waals surface area contributed by atoms with Gasteiger partial charge in [-0.05, 0) is 59.9 Å². The lowest BCUT2D eigenvalue weighted by atomic mass is 9.93. The largest absolute Gasteiger partial charge is 0.427 e. The average Bonchev–Trinajstić information content (AvgIpc) is 3.43. The van der Waals surface area contributed by atoms with Gasteiger partial charge in [-0.15, -0.1) is 0 Å². The van der Waals surface area contributed by atoms with E-state index in [0.717, 1.165) is 35.7 Å². The van der Waals surface area contributed by atoms with Crippen molar-refractivity contribution in [2.75, 3.05) is 11.9 Å². The number of benzene rings is 3. The van der Waals surface area contributed by atoms with Gasteiger partial charge in [0.1, 0.15) is 18.4 Å². The van der Waals surface area contributed by atoms with Crippen LogP contribution in [0.15, 0.2) is 66.7 Å². The molecule has 1 N–H and O–H groups in total. The Labute approximate surface area is 244 Å². The number of imide groups is 1. The standard InChI is InChI=1S/C31H27F4N3O5/c1-18(31(33,34)35)37(16-20-6-9-24(32)10-7-20)27(40)17-38-28(41)30(43-29(38)42)13-12-23-14-22(8-11-26(23)30)21-4-3-5-25(15-21)36-19(2)39/h3-11,14-15,18H,12-13,16-17H2,1-2H3,(H,36,39)/t18?,30-/m1/s1. The molecular weight excluding hydrogens is 570 g/mol. The van der Waals surface area contributed by atoms with E-state index in [2.05, 4.69) is 5.32 Å². The number of ether oxygens (including phenoxy) is 1. The second kappa shape index (κ2) is 11.2. The number of hydrogen-bond donors (Lipinski definition) is 1. The monoisotopic (exact) mass is 597 g/mol. The number of carbonyl (C=O) groups excluding carboxylic acids is 4. The highest BCUT2D eigenvalue weighted by atomic mass is 19.4. The molecule has 12 heteroatoms. The average molecular weight is 598 g/mol. The minimum Gasteiger partial charge on any atom is -0.427 e. The molecular formula is C31H27F4N3O5. The van der Waals surface area contributed by atoms with Crippen LogP contribution in [0, 0.1) is 5.82 Å². The van der Waals surface area contributed by atoms with Crippen molar-refractivity contribution in [2.24, 2.45) is 0 Å². The third-order valence-electron chi connectivity index (χ3n) is 7.70. The van der Waals surface area contributed by atoms with Gasteiger partial charge in [0.15, 0.2) is 0 Å². The zero-order valence-corrected chi connectivity index (χ0v) is 23.2. The van der Waals surface area contributed by atoms with Gasteiger partial charge in [-0.3, -0.25) is 14.4 Å². The van der Waals surface area contributed by atoms with E-state index in [1.807, 2.05) is 12.1 Å². The molecule has 0 radical (unpaired) electrons. The Morgan fingerprint density at radius 3 is 2.42 bits per heavy atom. The summed E-state index contributed by atoms with van der Waals surface area (Å²) in [4.78, 5) is 52.2. The Balaban J connectivity index is 1.38. The van der Waals surface area contributed by atoms with Crippen molar-refractivity contribution in [2.45, 2.75) is 51.1 Å². The summed E-state index contributed by atoms with van der Waals surface area (Å²) < 4.78 is 60.0. The van der Waals surface area contributed by atoms with Crippen LogP contribution in [0.2, 0.25) is 0 Å². The number of amides is 4. The van der Waals surface area contributed by atoms with Crippen molar-refractivity contribution in [3.8, 4) is 11.1 Å². The molecule has 2 atom stereocenters. The summed E-state index contributed by atoms with van der Waals surface area (Å²) in [6.45, 7) is 0.725. The Hall–Kier alpha value is -4.74. The van der Waals surface area contributed by atoms with Gasteiger partial charge in [0.2, 0.25) is 17.4 Å². The van der Waals surface area contributed by atoms with E-state index < -0.39 is 54.6 Å². The number of alkyl halides is 3. The molecule has 1 unspecified atom stereocenters. The van der Waals surface area contributed by atoms with Crippen LogP contribution in [-0.4, -0.2) is 52.4 Å². The Morgan fingerprint density at radius 1 is 1.05 bits per heavy atom. The number of hydrogen-bond acceptors (Lipinski definition) is 5. The molecule has 0 saturated carbocycles. The number of halogens is 4. The van der Waals surface area contributed by atoms with Gasteiger partial charge in [0.25, 0.3) is 5.91 Å². The first-order valence-corrected chi connectivity index (χ1v) is 13.5. The van der Waals surface area contributed by atoms with E-state index in [9.17, 15) is 36.7 Å². The molecule has 1 aliphatic heterocycles. The zero-order valence-electron chi connectivity index (χ0n) is 23.2. The molecule has 0 aromatic heterocycles. The van der Waals surface area contributed by atoms with Crippen LogP contribution in [0.25, 0.3) is 11.1 Å². The molecule has 3 aromatic carbocycles. The fourth-order valence-corrected chi connectivity index (χ4v) is 5.44. The highest BCUT2D eigenvalue weighted by Gasteiger charge is 2.58. The van der Waals surface area contributed by atoms with Crippen molar-refractivity contribution < 1.29 is 41.5 Å². The van der Waals surface area contributed by atoms with E-state index in [-0.39, 0.29) is 17.9 Å². The second-order valence-electron chi connectivity index (χ2n) is 10.6. The molecule has 43 heavy (non-hydrogen) atoms. The second-order valence-corrected chi connectivity index (χ2v) is 10.6. The molecule has 0 bridgehead atoms. The maximum atomic E-state index is 13.7. The molecule has 1 aliphatic carbocycles. The van der Waals surface area contributed by atoms with Crippen molar-refractivity contribution in [3.05, 3.63) is 89.2 Å². The zero-order chi connectivity index (χ0) is 31.1. The van der Waals surface area contributed by atoms with Crippen LogP contribution in [0.1, 0.15) is 37.0 Å². The molecule has 2 aliphatic rings. The van der Waals surface area contributed by atoms with Crippen LogP contribution in [0.4, 0.5) is 28.0 Å². The summed E-state index contributed by atoms with van der Waals surface area (Å²) >= 11 is 0. The molecule has 1 fully saturated rings. The number of nitrogens with one attached hydrogen (secondary N) is 1. The lowest BCUT2D eigenvalue weighted by Crippen LogP contribution is -2.51. The summed E-state index contributed by atoms with van der Waals surface area (Å²) in [5.41, 5.74) is 1.92. The fourth-order valence-electron chi connectivity index (χ4n) is 5.44. The van der Waals surface area contributed by atoms with Crippen molar-refractivity contribution in [1.29, 1.82) is 0 Å². The summed E-state index contributed by atoms with van der Waals surface area (Å²) in [6, 6.07) is 14.8. The van der Waals surface area contributed by atoms with E-state index >= 15 is 0 Å². The molecule has 224 valence electrons. The van der Waals surface area contributed by atoms with Gasteiger partial charge in [-0.2, -0.15) is 13.2 Å². The van der Waals surface area contributed by atoms with Crippen LogP contribution >= 0.6 is 0 Å². The Bertz CT molecular complexity index is 1610. The Morgan fingerprint density at radius 2 is 1.74 bits per heavy atom. The van der Waals surface area contributed by atoms with Crippen LogP contribution in [-0.2, 0) is 37.7 Å². The maximum Gasteiger partial charge on any atom is 0.418 e. The Kier molecular flexibility index (Phi) is 7.72. The minimum atomic E-state index is -4.80. The predicted octanol–water partition coefficient (Wildman–Crippen LogP) is 5.55. The van der Waals surface area contributed by atoms with Crippen LogP contribution in [0.5, 0.6) is 0 Å². The quantitative estimate of drug-likeness (QED) is 0.361. The van der Waals surface area contributed by atoms with E-state index in [4.69, 9.17) is 4.74 Å². The van der Waals surface area contributed by atoms with E-state index in [1.54, 1.807) is 30.3 Å². The molecule has 1 heterocycles. The third kappa shape index (κ3) is 5.81. The first-order chi connectivity index (χ1) is 20.3. The number of rotatable bonds is 7. The highest BCUT2D eigenvalue weighted by Crippen LogP contribution is 2.46. The summed E-state index contributed by atoms with van der Waals surface area (Å²) in [7, 11) is 0. The number of fused-ring (bicyclic) bond motifs is 2. The minimum absolute atomic E-state index is 0.102. The molecule has 1 spiro atoms. The first-order valence-electron chi connectivity index (χ1n) is 13.5. The van der Waals surface area contributed by atoms with E-state index in [1.165, 1.54) is 19.1 Å². The van der Waals surface area contributed by atoms with Crippen molar-refractivity contribution >= 4 is 29.5 Å². The predicted molar refractivity (Wildman–Crippen MR) is 147 cm³/mol. The SMILES string of the molecule is CC(=O)Nc1cccc(-c2ccc3c(c2)CC[C@@]32OC(=O)N(CC(=O)N(Cc3ccc(F)cc3)C(C)C(F)(F)F)C2=O)c1. The first kappa shape index (κ1) is 29.7. The number of carbonyl (C=O) groups is 4. The molecule has 3 aromatic rings. The summed E-state index contributed by atoms with van der Waals surface area (Å²) in [5.74, 6) is -2.76. The molecule has 4 amide bonds. The third-order valence-corrected chi connectivity index (χ3v) is 7.70. The van der Waals surface area contributed by atoms with Gasteiger partial charge in [0.05, 0.1) is 0 Å². The number of aryl methyl sites for hydroxylation is 1. The van der Waals surface area contributed by atoms with Crippen LogP contribution in [0.3, 0.4) is 0 Å². The van der Waals surface area contributed by atoms with Crippen LogP contribution < -0.4 is 5.32 Å². The van der Waals surface area contributed by atoms with E-state index in [0.29, 0.717) is 27.5 Å². The topological polar surface area (TPSA) is 96.0 Å². The normalized spacial score (nSPS) is 18.4. The summed E-state index contributed by atoms with van der Waals surface area (Å²) in [6.07, 6.45) is -5.45. The molecule has 5 rings (SSSR count). The van der Waals surface area contributed by atoms with Crippen molar-refractivity contribution in [3.63, 3.8) is 0 Å². The van der Waals surface area contributed by atoms with Gasteiger partial charge >= 0.3 is 12.3 Å². The highest BCUT2D eigenvalue weighted by molar-refractivity contribution is 6.06. The molecule has 8 nitrogen and oxygen atoms in total. The summed E-state index contributed by atoms with van der Waals surface area (Å²) in [5, 5.41) is 2.72. The number of nitrogens with zero attached hydrogens (tertiary/aromatic N) is 2. The number of anilines is 1. The lowest BCUT2D eigenvalue weighted by molar-refractivity contribution is -0.187. The van der Waals surface area contributed by atoms with Crippen molar-refractivity contribution in [1.82, 2.24) is 9.80 Å².